The maximum absolute atomic E-state index is 11.4. The zero-order chi connectivity index (χ0) is 12.0. The van der Waals surface area contributed by atoms with Crippen LogP contribution in [0.4, 0.5) is 0 Å². The van der Waals surface area contributed by atoms with Gasteiger partial charge in [-0.3, -0.25) is 5.32 Å². The minimum Gasteiger partial charge on any atom is -0.480 e. The summed E-state index contributed by atoms with van der Waals surface area (Å²) in [6.07, 6.45) is 2.03. The highest BCUT2D eigenvalue weighted by molar-refractivity contribution is 5.80. The molecule has 0 amide bonds. The number of carboxylic acids is 1. The van der Waals surface area contributed by atoms with Crippen molar-refractivity contribution in [1.82, 2.24) is 5.32 Å². The Balaban J connectivity index is 2.85. The molecule has 2 N–H and O–H groups in total. The van der Waals surface area contributed by atoms with E-state index in [1.807, 2.05) is 30.3 Å². The molecule has 88 valence electrons. The molecule has 3 nitrogen and oxygen atoms in total. The molecule has 1 aromatic rings. The predicted octanol–water partition coefficient (Wildman–Crippen LogP) is 2.38. The molecule has 0 saturated carbocycles. The number of hydrogen-bond donors (Lipinski definition) is 2. The van der Waals surface area contributed by atoms with Crippen LogP contribution in [0.3, 0.4) is 0 Å². The number of carbonyl (C=O) groups is 1. The Morgan fingerprint density at radius 1 is 1.38 bits per heavy atom. The molecule has 0 heterocycles. The summed E-state index contributed by atoms with van der Waals surface area (Å²) in [6, 6.07) is 9.29. The molecule has 0 aliphatic heterocycles. The lowest BCUT2D eigenvalue weighted by atomic mass is 9.92. The van der Waals surface area contributed by atoms with Crippen LogP contribution in [0.25, 0.3) is 0 Å². The second kappa shape index (κ2) is 5.66. The summed E-state index contributed by atoms with van der Waals surface area (Å²) in [5.41, 5.74) is -0.199. The molecule has 3 heteroatoms. The van der Waals surface area contributed by atoms with Crippen LogP contribution in [0.15, 0.2) is 30.3 Å². The van der Waals surface area contributed by atoms with E-state index >= 15 is 0 Å². The van der Waals surface area contributed by atoms with Gasteiger partial charge in [-0.1, -0.05) is 43.7 Å². The van der Waals surface area contributed by atoms with Crippen molar-refractivity contribution in [3.8, 4) is 0 Å². The summed E-state index contributed by atoms with van der Waals surface area (Å²) in [5.74, 6) is -0.838. The molecule has 0 radical (unpaired) electrons. The van der Waals surface area contributed by atoms with Gasteiger partial charge in [-0.25, -0.2) is 4.79 Å². The van der Waals surface area contributed by atoms with Gasteiger partial charge in [0.2, 0.25) is 0 Å². The van der Waals surface area contributed by atoms with Crippen LogP contribution in [0.1, 0.15) is 32.3 Å². The lowest BCUT2D eigenvalue weighted by Crippen LogP contribution is -2.47. The maximum Gasteiger partial charge on any atom is 0.328 e. The second-order valence-corrected chi connectivity index (χ2v) is 4.08. The molecule has 0 aliphatic rings. The number of unbranched alkanes of at least 4 members (excludes halogenated alkanes) is 1. The largest absolute Gasteiger partial charge is 0.480 e. The summed E-state index contributed by atoms with van der Waals surface area (Å²) >= 11 is 0. The SMILES string of the molecule is CCCCNC(C)(C(=O)O)c1ccccc1. The molecule has 1 aromatic carbocycles. The highest BCUT2D eigenvalue weighted by atomic mass is 16.4. The van der Waals surface area contributed by atoms with Gasteiger partial charge in [0.25, 0.3) is 0 Å². The van der Waals surface area contributed by atoms with E-state index in [9.17, 15) is 9.90 Å². The quantitative estimate of drug-likeness (QED) is 0.725. The van der Waals surface area contributed by atoms with Crippen molar-refractivity contribution in [1.29, 1.82) is 0 Å². The summed E-state index contributed by atoms with van der Waals surface area (Å²) in [7, 11) is 0. The van der Waals surface area contributed by atoms with E-state index in [4.69, 9.17) is 0 Å². The molecule has 16 heavy (non-hydrogen) atoms. The molecule has 0 fully saturated rings. The number of nitrogens with one attached hydrogen (secondary N) is 1. The van der Waals surface area contributed by atoms with Crippen molar-refractivity contribution < 1.29 is 9.90 Å². The molecular formula is C13H19NO2. The highest BCUT2D eigenvalue weighted by Gasteiger charge is 2.33. The van der Waals surface area contributed by atoms with Crippen molar-refractivity contribution in [2.45, 2.75) is 32.2 Å². The first kappa shape index (κ1) is 12.7. The fraction of sp³-hybridized carbons (Fsp3) is 0.462. The van der Waals surface area contributed by atoms with E-state index in [1.54, 1.807) is 6.92 Å². The third-order valence-electron chi connectivity index (χ3n) is 2.79. The summed E-state index contributed by atoms with van der Waals surface area (Å²) in [4.78, 5) is 11.4. The monoisotopic (exact) mass is 221 g/mol. The number of rotatable bonds is 6. The summed E-state index contributed by atoms with van der Waals surface area (Å²) in [5, 5.41) is 12.4. The molecule has 1 unspecified atom stereocenters. The Bertz CT molecular complexity index is 337. The molecule has 0 aliphatic carbocycles. The van der Waals surface area contributed by atoms with Crippen LogP contribution in [-0.4, -0.2) is 17.6 Å². The highest BCUT2D eigenvalue weighted by Crippen LogP contribution is 2.20. The minimum atomic E-state index is -0.990. The Morgan fingerprint density at radius 2 is 2.00 bits per heavy atom. The predicted molar refractivity (Wildman–Crippen MR) is 64.3 cm³/mol. The number of aliphatic carboxylic acids is 1. The van der Waals surface area contributed by atoms with Gasteiger partial charge in [-0.2, -0.15) is 0 Å². The fourth-order valence-corrected chi connectivity index (χ4v) is 1.59. The lowest BCUT2D eigenvalue weighted by molar-refractivity contribution is -0.144. The number of benzene rings is 1. The van der Waals surface area contributed by atoms with E-state index in [0.717, 1.165) is 18.4 Å². The molecule has 0 saturated heterocycles. The van der Waals surface area contributed by atoms with Crippen LogP contribution in [-0.2, 0) is 10.3 Å². The van der Waals surface area contributed by atoms with E-state index < -0.39 is 11.5 Å². The van der Waals surface area contributed by atoms with Gasteiger partial charge in [0, 0.05) is 0 Å². The standard InChI is InChI=1S/C13H19NO2/c1-3-4-10-14-13(2,12(15)16)11-8-6-5-7-9-11/h5-9,14H,3-4,10H2,1-2H3,(H,15,16). The van der Waals surface area contributed by atoms with Crippen molar-refractivity contribution in [2.24, 2.45) is 0 Å². The third kappa shape index (κ3) is 2.83. The minimum absolute atomic E-state index is 0.716. The van der Waals surface area contributed by atoms with Crippen LogP contribution < -0.4 is 5.32 Å². The maximum atomic E-state index is 11.4. The third-order valence-corrected chi connectivity index (χ3v) is 2.79. The van der Waals surface area contributed by atoms with Gasteiger partial charge < -0.3 is 5.11 Å². The molecule has 0 spiro atoms. The molecule has 1 rings (SSSR count). The zero-order valence-corrected chi connectivity index (χ0v) is 9.86. The fourth-order valence-electron chi connectivity index (χ4n) is 1.59. The topological polar surface area (TPSA) is 49.3 Å². The van der Waals surface area contributed by atoms with E-state index in [-0.39, 0.29) is 0 Å². The van der Waals surface area contributed by atoms with Crippen molar-refractivity contribution in [3.63, 3.8) is 0 Å². The first-order valence-corrected chi connectivity index (χ1v) is 5.65. The van der Waals surface area contributed by atoms with Crippen LogP contribution in [0.5, 0.6) is 0 Å². The first-order chi connectivity index (χ1) is 7.61. The van der Waals surface area contributed by atoms with Crippen molar-refractivity contribution >= 4 is 5.97 Å². The molecule has 1 atom stereocenters. The van der Waals surface area contributed by atoms with E-state index in [1.165, 1.54) is 0 Å². The Morgan fingerprint density at radius 3 is 2.50 bits per heavy atom. The Labute approximate surface area is 96.5 Å². The first-order valence-electron chi connectivity index (χ1n) is 5.65. The summed E-state index contributed by atoms with van der Waals surface area (Å²) in [6.45, 7) is 4.51. The van der Waals surface area contributed by atoms with Crippen molar-refractivity contribution in [2.75, 3.05) is 6.54 Å². The Kier molecular flexibility index (Phi) is 4.50. The van der Waals surface area contributed by atoms with Gasteiger partial charge in [-0.05, 0) is 25.5 Å². The normalized spacial score (nSPS) is 14.4. The lowest BCUT2D eigenvalue weighted by Gasteiger charge is -2.26. The molecule has 0 bridgehead atoms. The van der Waals surface area contributed by atoms with Gasteiger partial charge in [0.05, 0.1) is 0 Å². The second-order valence-electron chi connectivity index (χ2n) is 4.08. The molecular weight excluding hydrogens is 202 g/mol. The zero-order valence-electron chi connectivity index (χ0n) is 9.86. The van der Waals surface area contributed by atoms with Crippen LogP contribution in [0.2, 0.25) is 0 Å². The Hall–Kier alpha value is -1.35. The summed E-state index contributed by atoms with van der Waals surface area (Å²) < 4.78 is 0. The van der Waals surface area contributed by atoms with Gasteiger partial charge >= 0.3 is 5.97 Å². The van der Waals surface area contributed by atoms with Gasteiger partial charge in [0.1, 0.15) is 5.54 Å². The average molecular weight is 221 g/mol. The number of carboxylic acid groups (broad SMARTS) is 1. The smallest absolute Gasteiger partial charge is 0.328 e. The van der Waals surface area contributed by atoms with Crippen LogP contribution >= 0.6 is 0 Å². The van der Waals surface area contributed by atoms with E-state index in [0.29, 0.717) is 6.54 Å². The van der Waals surface area contributed by atoms with Gasteiger partial charge in [0.15, 0.2) is 0 Å². The van der Waals surface area contributed by atoms with Crippen molar-refractivity contribution in [3.05, 3.63) is 35.9 Å². The van der Waals surface area contributed by atoms with E-state index in [2.05, 4.69) is 12.2 Å². The molecule has 0 aromatic heterocycles. The van der Waals surface area contributed by atoms with Crippen LogP contribution in [0, 0.1) is 0 Å². The average Bonchev–Trinajstić information content (AvgIpc) is 2.30. The van der Waals surface area contributed by atoms with Gasteiger partial charge in [-0.15, -0.1) is 0 Å². The number of hydrogen-bond acceptors (Lipinski definition) is 2.